The van der Waals surface area contributed by atoms with Crippen LogP contribution in [0.2, 0.25) is 0 Å². The second-order valence-electron chi connectivity index (χ2n) is 4.61. The topological polar surface area (TPSA) is 50.9 Å². The van der Waals surface area contributed by atoms with Crippen molar-refractivity contribution in [1.82, 2.24) is 4.98 Å². The Hall–Kier alpha value is -0.610. The number of pyridine rings is 1. The Kier molecular flexibility index (Phi) is 5.40. The van der Waals surface area contributed by atoms with Gasteiger partial charge in [-0.15, -0.1) is 0 Å². The van der Waals surface area contributed by atoms with E-state index in [0.29, 0.717) is 6.54 Å². The minimum atomic E-state index is 0.173. The molecule has 0 atom stereocenters. The van der Waals surface area contributed by atoms with E-state index in [1.807, 2.05) is 13.1 Å². The first kappa shape index (κ1) is 14.5. The van der Waals surface area contributed by atoms with Gasteiger partial charge in [0.2, 0.25) is 0 Å². The van der Waals surface area contributed by atoms with Gasteiger partial charge in [0, 0.05) is 12.7 Å². The van der Waals surface area contributed by atoms with Crippen molar-refractivity contribution < 1.29 is 0 Å². The van der Waals surface area contributed by atoms with Crippen molar-refractivity contribution in [2.45, 2.75) is 33.6 Å². The van der Waals surface area contributed by atoms with E-state index in [0.717, 1.165) is 35.2 Å². The fourth-order valence-corrected chi connectivity index (χ4v) is 2.40. The summed E-state index contributed by atoms with van der Waals surface area (Å²) in [5, 5.41) is 3.40. The molecule has 0 amide bonds. The molecule has 0 fully saturated rings. The average Bonchev–Trinajstić information content (AvgIpc) is 2.33. The summed E-state index contributed by atoms with van der Waals surface area (Å²) >= 11 is 3.52. The first-order valence-electron chi connectivity index (χ1n) is 6.13. The molecule has 0 spiro atoms. The lowest BCUT2D eigenvalue weighted by molar-refractivity contribution is 0.294. The predicted molar refractivity (Wildman–Crippen MR) is 77.2 cm³/mol. The maximum Gasteiger partial charge on any atom is 0.140 e. The summed E-state index contributed by atoms with van der Waals surface area (Å²) in [6, 6.07) is 2.07. The van der Waals surface area contributed by atoms with E-state index in [-0.39, 0.29) is 5.41 Å². The van der Waals surface area contributed by atoms with E-state index in [1.165, 1.54) is 0 Å². The molecule has 0 radical (unpaired) electrons. The highest BCUT2D eigenvalue weighted by Crippen LogP contribution is 2.27. The van der Waals surface area contributed by atoms with Crippen molar-refractivity contribution in [1.29, 1.82) is 0 Å². The van der Waals surface area contributed by atoms with Gasteiger partial charge < -0.3 is 11.1 Å². The summed E-state index contributed by atoms with van der Waals surface area (Å²) in [5.74, 6) is 0.898. The van der Waals surface area contributed by atoms with Crippen molar-refractivity contribution in [3.63, 3.8) is 0 Å². The predicted octanol–water partition coefficient (Wildman–Crippen LogP) is 3.33. The zero-order valence-corrected chi connectivity index (χ0v) is 12.5. The number of rotatable bonds is 6. The smallest absolute Gasteiger partial charge is 0.140 e. The highest BCUT2D eigenvalue weighted by molar-refractivity contribution is 9.10. The van der Waals surface area contributed by atoms with Gasteiger partial charge in [0.05, 0.1) is 4.47 Å². The molecule has 0 aromatic carbocycles. The molecule has 0 aliphatic rings. The lowest BCUT2D eigenvalue weighted by Gasteiger charge is -2.30. The van der Waals surface area contributed by atoms with Gasteiger partial charge in [0.25, 0.3) is 0 Å². The quantitative estimate of drug-likeness (QED) is 0.847. The third kappa shape index (κ3) is 3.68. The highest BCUT2D eigenvalue weighted by Gasteiger charge is 2.24. The van der Waals surface area contributed by atoms with Crippen LogP contribution in [-0.4, -0.2) is 18.1 Å². The third-order valence-corrected chi connectivity index (χ3v) is 4.15. The molecule has 0 saturated carbocycles. The van der Waals surface area contributed by atoms with Crippen molar-refractivity contribution in [3.05, 3.63) is 22.3 Å². The van der Waals surface area contributed by atoms with Gasteiger partial charge in [-0.05, 0) is 59.3 Å². The number of nitrogens with one attached hydrogen (secondary N) is 1. The maximum atomic E-state index is 5.88. The largest absolute Gasteiger partial charge is 0.369 e. The SMILES string of the molecule is CCC(CC)(CN)CNc1ncc(C)cc1Br. The summed E-state index contributed by atoms with van der Waals surface area (Å²) in [6.45, 7) is 7.98. The zero-order valence-electron chi connectivity index (χ0n) is 10.9. The van der Waals surface area contributed by atoms with Crippen LogP contribution in [0.4, 0.5) is 5.82 Å². The molecule has 3 nitrogen and oxygen atoms in total. The summed E-state index contributed by atoms with van der Waals surface area (Å²) in [5.41, 5.74) is 7.21. The molecule has 0 saturated heterocycles. The van der Waals surface area contributed by atoms with E-state index in [1.54, 1.807) is 0 Å². The minimum Gasteiger partial charge on any atom is -0.369 e. The Bertz CT molecular complexity index is 353. The summed E-state index contributed by atoms with van der Waals surface area (Å²) < 4.78 is 1.01. The van der Waals surface area contributed by atoms with Crippen LogP contribution in [0, 0.1) is 12.3 Å². The van der Waals surface area contributed by atoms with Crippen LogP contribution >= 0.6 is 15.9 Å². The third-order valence-electron chi connectivity index (χ3n) is 3.54. The van der Waals surface area contributed by atoms with E-state index in [4.69, 9.17) is 5.73 Å². The Balaban J connectivity index is 2.72. The van der Waals surface area contributed by atoms with Crippen molar-refractivity contribution in [2.75, 3.05) is 18.4 Å². The number of aryl methyl sites for hydroxylation is 1. The molecule has 96 valence electrons. The summed E-state index contributed by atoms with van der Waals surface area (Å²) in [4.78, 5) is 4.38. The Morgan fingerprint density at radius 1 is 1.41 bits per heavy atom. The summed E-state index contributed by atoms with van der Waals surface area (Å²) in [6.07, 6.45) is 4.03. The number of halogens is 1. The lowest BCUT2D eigenvalue weighted by Crippen LogP contribution is -2.36. The van der Waals surface area contributed by atoms with Crippen LogP contribution in [-0.2, 0) is 0 Å². The van der Waals surface area contributed by atoms with Crippen LogP contribution in [0.5, 0.6) is 0 Å². The first-order chi connectivity index (χ1) is 8.06. The van der Waals surface area contributed by atoms with E-state index >= 15 is 0 Å². The molecule has 0 aliphatic carbocycles. The number of aromatic nitrogens is 1. The summed E-state index contributed by atoms with van der Waals surface area (Å²) in [7, 11) is 0. The molecule has 3 N–H and O–H groups in total. The Morgan fingerprint density at radius 3 is 2.53 bits per heavy atom. The number of anilines is 1. The van der Waals surface area contributed by atoms with Crippen molar-refractivity contribution >= 4 is 21.7 Å². The lowest BCUT2D eigenvalue weighted by atomic mass is 9.82. The molecule has 17 heavy (non-hydrogen) atoms. The molecule has 0 aliphatic heterocycles. The number of hydrogen-bond donors (Lipinski definition) is 2. The van der Waals surface area contributed by atoms with Crippen LogP contribution in [0.1, 0.15) is 32.3 Å². The van der Waals surface area contributed by atoms with Crippen molar-refractivity contribution in [2.24, 2.45) is 11.1 Å². The minimum absolute atomic E-state index is 0.173. The molecular formula is C13H22BrN3. The first-order valence-corrected chi connectivity index (χ1v) is 6.92. The van der Waals surface area contributed by atoms with Crippen molar-refractivity contribution in [3.8, 4) is 0 Å². The van der Waals surface area contributed by atoms with Gasteiger partial charge in [-0.1, -0.05) is 13.8 Å². The number of nitrogens with two attached hydrogens (primary N) is 1. The van der Waals surface area contributed by atoms with Gasteiger partial charge >= 0.3 is 0 Å². The molecule has 1 rings (SSSR count). The van der Waals surface area contributed by atoms with Crippen LogP contribution in [0.25, 0.3) is 0 Å². The normalized spacial score (nSPS) is 11.6. The molecule has 1 heterocycles. The second-order valence-corrected chi connectivity index (χ2v) is 5.46. The average molecular weight is 300 g/mol. The van der Waals surface area contributed by atoms with Gasteiger partial charge in [-0.2, -0.15) is 0 Å². The second kappa shape index (κ2) is 6.36. The highest BCUT2D eigenvalue weighted by atomic mass is 79.9. The molecule has 1 aromatic rings. The fraction of sp³-hybridized carbons (Fsp3) is 0.615. The van der Waals surface area contributed by atoms with Gasteiger partial charge in [0.1, 0.15) is 5.82 Å². The maximum absolute atomic E-state index is 5.88. The van der Waals surface area contributed by atoms with Gasteiger partial charge in [-0.25, -0.2) is 4.98 Å². The number of hydrogen-bond acceptors (Lipinski definition) is 3. The van der Waals surface area contributed by atoms with Gasteiger partial charge in [-0.3, -0.25) is 0 Å². The molecule has 0 unspecified atom stereocenters. The van der Waals surface area contributed by atoms with Crippen LogP contribution in [0.3, 0.4) is 0 Å². The van der Waals surface area contributed by atoms with Crippen LogP contribution < -0.4 is 11.1 Å². The van der Waals surface area contributed by atoms with E-state index in [2.05, 4.69) is 46.1 Å². The molecule has 0 bridgehead atoms. The zero-order chi connectivity index (χ0) is 12.9. The standard InChI is InChI=1S/C13H22BrN3/c1-4-13(5-2,8-15)9-17-12-11(14)6-10(3)7-16-12/h6-7H,4-5,8-9,15H2,1-3H3,(H,16,17). The number of nitrogens with zero attached hydrogens (tertiary/aromatic N) is 1. The molecular weight excluding hydrogens is 278 g/mol. The van der Waals surface area contributed by atoms with Gasteiger partial charge in [0.15, 0.2) is 0 Å². The molecule has 1 aromatic heterocycles. The van der Waals surface area contributed by atoms with E-state index in [9.17, 15) is 0 Å². The Labute approximate surface area is 112 Å². The fourth-order valence-electron chi connectivity index (χ4n) is 1.80. The Morgan fingerprint density at radius 2 is 2.06 bits per heavy atom. The van der Waals surface area contributed by atoms with E-state index < -0.39 is 0 Å². The van der Waals surface area contributed by atoms with Crippen LogP contribution in [0.15, 0.2) is 16.7 Å². The molecule has 4 heteroatoms. The monoisotopic (exact) mass is 299 g/mol.